The molecule has 0 saturated carbocycles. The van der Waals surface area contributed by atoms with Crippen molar-refractivity contribution in [2.75, 3.05) is 6.54 Å². The van der Waals surface area contributed by atoms with E-state index in [1.807, 2.05) is 36.1 Å². The fourth-order valence-corrected chi connectivity index (χ4v) is 1.92. The van der Waals surface area contributed by atoms with Crippen molar-refractivity contribution in [3.8, 4) is 5.75 Å². The molecule has 0 amide bonds. The summed E-state index contributed by atoms with van der Waals surface area (Å²) in [6.45, 7) is 3.00. The first kappa shape index (κ1) is 12.6. The minimum absolute atomic E-state index is 0.269. The van der Waals surface area contributed by atoms with Crippen LogP contribution in [0.5, 0.6) is 5.75 Å². The topological polar surface area (TPSA) is 50.1 Å². The maximum Gasteiger partial charge on any atom is 0.115 e. The molecule has 0 aliphatic heterocycles. The number of aryl methyl sites for hydroxylation is 1. The molecule has 96 valence electrons. The van der Waals surface area contributed by atoms with Crippen LogP contribution >= 0.6 is 0 Å². The molecule has 0 saturated heterocycles. The maximum atomic E-state index is 9.24. The Bertz CT molecular complexity index is 490. The van der Waals surface area contributed by atoms with Crippen LogP contribution in [0.15, 0.2) is 36.7 Å². The zero-order valence-corrected chi connectivity index (χ0v) is 10.8. The lowest BCUT2D eigenvalue weighted by molar-refractivity contribution is 0.474. The van der Waals surface area contributed by atoms with E-state index in [1.54, 1.807) is 12.1 Å². The lowest BCUT2D eigenvalue weighted by atomic mass is 10.1. The average molecular weight is 245 g/mol. The van der Waals surface area contributed by atoms with Crippen LogP contribution in [-0.2, 0) is 13.5 Å². The molecule has 1 aromatic carbocycles. The van der Waals surface area contributed by atoms with Crippen LogP contribution in [0, 0.1) is 0 Å². The normalized spacial score (nSPS) is 12.6. The Labute approximate surface area is 107 Å². The smallest absolute Gasteiger partial charge is 0.115 e. The lowest BCUT2D eigenvalue weighted by Gasteiger charge is -2.14. The maximum absolute atomic E-state index is 9.24. The molecule has 0 fully saturated rings. The third-order valence-corrected chi connectivity index (χ3v) is 3.11. The number of rotatable bonds is 5. The highest BCUT2D eigenvalue weighted by Gasteiger charge is 2.05. The van der Waals surface area contributed by atoms with Crippen molar-refractivity contribution in [1.29, 1.82) is 0 Å². The minimum Gasteiger partial charge on any atom is -0.508 e. The second kappa shape index (κ2) is 5.69. The van der Waals surface area contributed by atoms with Crippen LogP contribution in [0.4, 0.5) is 0 Å². The van der Waals surface area contributed by atoms with Crippen molar-refractivity contribution in [1.82, 2.24) is 14.9 Å². The van der Waals surface area contributed by atoms with Crippen molar-refractivity contribution < 1.29 is 5.11 Å². The first-order valence-corrected chi connectivity index (χ1v) is 6.15. The molecule has 4 heteroatoms. The van der Waals surface area contributed by atoms with E-state index in [2.05, 4.69) is 17.2 Å². The number of nitrogens with one attached hydrogen (secondary N) is 1. The molecule has 18 heavy (non-hydrogen) atoms. The first-order valence-electron chi connectivity index (χ1n) is 6.15. The summed E-state index contributed by atoms with van der Waals surface area (Å²) in [7, 11) is 2.01. The van der Waals surface area contributed by atoms with Crippen molar-refractivity contribution in [2.24, 2.45) is 7.05 Å². The highest BCUT2D eigenvalue weighted by atomic mass is 16.3. The van der Waals surface area contributed by atoms with E-state index in [0.29, 0.717) is 5.75 Å². The third kappa shape index (κ3) is 3.11. The van der Waals surface area contributed by atoms with E-state index in [0.717, 1.165) is 18.8 Å². The van der Waals surface area contributed by atoms with Crippen LogP contribution in [0.2, 0.25) is 0 Å². The minimum atomic E-state index is 0.269. The highest BCUT2D eigenvalue weighted by molar-refractivity contribution is 5.27. The Morgan fingerprint density at radius 1 is 1.33 bits per heavy atom. The molecule has 2 aromatic rings. The number of imidazole rings is 1. The van der Waals surface area contributed by atoms with Gasteiger partial charge in [-0.2, -0.15) is 0 Å². The summed E-state index contributed by atoms with van der Waals surface area (Å²) in [4.78, 5) is 4.29. The van der Waals surface area contributed by atoms with Crippen molar-refractivity contribution in [3.63, 3.8) is 0 Å². The third-order valence-electron chi connectivity index (χ3n) is 3.11. The van der Waals surface area contributed by atoms with E-state index >= 15 is 0 Å². The number of aromatic nitrogens is 2. The van der Waals surface area contributed by atoms with E-state index in [-0.39, 0.29) is 6.04 Å². The van der Waals surface area contributed by atoms with E-state index in [4.69, 9.17) is 0 Å². The Kier molecular flexibility index (Phi) is 3.99. The number of hydrogen-bond donors (Lipinski definition) is 2. The summed E-state index contributed by atoms with van der Waals surface area (Å²) in [6.07, 6.45) is 4.68. The molecule has 0 bridgehead atoms. The summed E-state index contributed by atoms with van der Waals surface area (Å²) in [5, 5.41) is 12.7. The molecule has 2 N–H and O–H groups in total. The average Bonchev–Trinajstić information content (AvgIpc) is 2.76. The van der Waals surface area contributed by atoms with Gasteiger partial charge in [-0.25, -0.2) is 4.98 Å². The number of phenolic OH excluding ortho intramolecular Hbond substituents is 1. The van der Waals surface area contributed by atoms with Crippen molar-refractivity contribution in [2.45, 2.75) is 19.4 Å². The molecule has 0 radical (unpaired) electrons. The molecule has 1 heterocycles. The molecule has 2 rings (SSSR count). The number of hydrogen-bond acceptors (Lipinski definition) is 3. The second-order valence-corrected chi connectivity index (χ2v) is 4.47. The van der Waals surface area contributed by atoms with Gasteiger partial charge in [0.2, 0.25) is 0 Å². The Hall–Kier alpha value is -1.81. The fraction of sp³-hybridized carbons (Fsp3) is 0.357. The highest BCUT2D eigenvalue weighted by Crippen LogP contribution is 2.16. The van der Waals surface area contributed by atoms with Crippen molar-refractivity contribution in [3.05, 3.63) is 48.0 Å². The Morgan fingerprint density at radius 3 is 2.67 bits per heavy atom. The Morgan fingerprint density at radius 2 is 2.06 bits per heavy atom. The number of nitrogens with zero attached hydrogens (tertiary/aromatic N) is 2. The van der Waals surface area contributed by atoms with Gasteiger partial charge in [-0.05, 0) is 24.6 Å². The quantitative estimate of drug-likeness (QED) is 0.847. The van der Waals surface area contributed by atoms with Crippen molar-refractivity contribution >= 4 is 0 Å². The van der Waals surface area contributed by atoms with Crippen LogP contribution in [0.3, 0.4) is 0 Å². The second-order valence-electron chi connectivity index (χ2n) is 4.47. The summed E-state index contributed by atoms with van der Waals surface area (Å²) in [6, 6.07) is 7.57. The molecule has 0 spiro atoms. The molecule has 1 aromatic heterocycles. The zero-order chi connectivity index (χ0) is 13.0. The molecule has 1 unspecified atom stereocenters. The molecule has 0 aliphatic carbocycles. The number of benzene rings is 1. The summed E-state index contributed by atoms with van der Waals surface area (Å²) in [5.41, 5.74) is 1.17. The fourth-order valence-electron chi connectivity index (χ4n) is 1.92. The van der Waals surface area contributed by atoms with Gasteiger partial charge in [0, 0.05) is 38.4 Å². The molecular formula is C14H19N3O. The molecule has 0 aliphatic rings. The summed E-state index contributed by atoms with van der Waals surface area (Å²) < 4.78 is 2.03. The molecule has 4 nitrogen and oxygen atoms in total. The number of phenols is 1. The summed E-state index contributed by atoms with van der Waals surface area (Å²) in [5.74, 6) is 1.39. The van der Waals surface area contributed by atoms with Gasteiger partial charge in [0.1, 0.15) is 11.6 Å². The van der Waals surface area contributed by atoms with Crippen LogP contribution < -0.4 is 5.32 Å². The van der Waals surface area contributed by atoms with Gasteiger partial charge < -0.3 is 15.0 Å². The van der Waals surface area contributed by atoms with Gasteiger partial charge in [-0.15, -0.1) is 0 Å². The van der Waals surface area contributed by atoms with Crippen LogP contribution in [0.25, 0.3) is 0 Å². The summed E-state index contributed by atoms with van der Waals surface area (Å²) >= 11 is 0. The molecular weight excluding hydrogens is 226 g/mol. The first-order chi connectivity index (χ1) is 8.66. The number of aromatic hydroxyl groups is 1. The van der Waals surface area contributed by atoms with E-state index in [1.165, 1.54) is 5.56 Å². The van der Waals surface area contributed by atoms with E-state index < -0.39 is 0 Å². The van der Waals surface area contributed by atoms with Gasteiger partial charge in [0.25, 0.3) is 0 Å². The van der Waals surface area contributed by atoms with E-state index in [9.17, 15) is 5.11 Å². The van der Waals surface area contributed by atoms with Gasteiger partial charge in [0.05, 0.1) is 0 Å². The predicted octanol–water partition coefficient (Wildman–Crippen LogP) is 2.02. The van der Waals surface area contributed by atoms with Crippen LogP contribution in [-0.4, -0.2) is 21.2 Å². The van der Waals surface area contributed by atoms with Gasteiger partial charge >= 0.3 is 0 Å². The zero-order valence-electron chi connectivity index (χ0n) is 10.8. The predicted molar refractivity (Wildman–Crippen MR) is 71.4 cm³/mol. The monoisotopic (exact) mass is 245 g/mol. The van der Waals surface area contributed by atoms with Gasteiger partial charge in [-0.1, -0.05) is 12.1 Å². The van der Waals surface area contributed by atoms with Gasteiger partial charge in [0.15, 0.2) is 0 Å². The Balaban J connectivity index is 1.83. The largest absolute Gasteiger partial charge is 0.508 e. The van der Waals surface area contributed by atoms with Crippen LogP contribution in [0.1, 0.15) is 24.4 Å². The lowest BCUT2D eigenvalue weighted by Crippen LogP contribution is -2.22. The van der Waals surface area contributed by atoms with Gasteiger partial charge in [-0.3, -0.25) is 0 Å². The molecule has 1 atom stereocenters. The standard InChI is InChI=1S/C14H19N3O/c1-11(12-3-5-13(18)6-4-12)15-8-7-14-16-9-10-17(14)2/h3-6,9-11,15,18H,7-8H2,1-2H3. The SMILES string of the molecule is CC(NCCc1nccn1C)c1ccc(O)cc1.